The van der Waals surface area contributed by atoms with Crippen molar-refractivity contribution in [3.63, 3.8) is 0 Å². The smallest absolute Gasteiger partial charge is 0.120 e. The molecule has 2 nitrogen and oxygen atoms in total. The molecule has 2 unspecified atom stereocenters. The molecule has 18 heavy (non-hydrogen) atoms. The van der Waals surface area contributed by atoms with Gasteiger partial charge in [0, 0.05) is 10.9 Å². The van der Waals surface area contributed by atoms with E-state index in [1.165, 1.54) is 24.8 Å². The Morgan fingerprint density at radius 2 is 2.44 bits per heavy atom. The average Bonchev–Trinajstić information content (AvgIpc) is 3.06. The minimum atomic E-state index is 0.329. The van der Waals surface area contributed by atoms with Crippen LogP contribution >= 0.6 is 11.3 Å². The molecule has 1 N–H and O–H groups in total. The molecule has 2 aromatic heterocycles. The van der Waals surface area contributed by atoms with Gasteiger partial charge in [-0.05, 0) is 54.8 Å². The van der Waals surface area contributed by atoms with Gasteiger partial charge in [-0.2, -0.15) is 0 Å². The van der Waals surface area contributed by atoms with Crippen LogP contribution in [0.2, 0.25) is 0 Å². The predicted molar refractivity (Wildman–Crippen MR) is 74.9 cm³/mol. The van der Waals surface area contributed by atoms with Gasteiger partial charge < -0.3 is 9.73 Å². The number of fused-ring (bicyclic) bond motifs is 1. The van der Waals surface area contributed by atoms with Crippen molar-refractivity contribution >= 4 is 11.3 Å². The number of thiophene rings is 1. The number of furan rings is 1. The maximum absolute atomic E-state index is 5.54. The maximum Gasteiger partial charge on any atom is 0.120 e. The summed E-state index contributed by atoms with van der Waals surface area (Å²) >= 11 is 1.90. The van der Waals surface area contributed by atoms with Crippen molar-refractivity contribution in [2.75, 3.05) is 0 Å². The number of aryl methyl sites for hydroxylation is 1. The van der Waals surface area contributed by atoms with E-state index >= 15 is 0 Å². The van der Waals surface area contributed by atoms with E-state index < -0.39 is 0 Å². The second-order valence-corrected chi connectivity index (χ2v) is 5.89. The largest absolute Gasteiger partial charge is 0.468 e. The van der Waals surface area contributed by atoms with Gasteiger partial charge in [-0.25, -0.2) is 0 Å². The fourth-order valence-corrected chi connectivity index (χ4v) is 3.78. The summed E-state index contributed by atoms with van der Waals surface area (Å²) in [6.07, 6.45) is 6.60. The first kappa shape index (κ1) is 12.0. The second kappa shape index (κ2) is 5.29. The van der Waals surface area contributed by atoms with Gasteiger partial charge in [-0.3, -0.25) is 0 Å². The Hall–Kier alpha value is -1.06. The van der Waals surface area contributed by atoms with Crippen molar-refractivity contribution in [2.45, 2.75) is 44.7 Å². The van der Waals surface area contributed by atoms with Crippen LogP contribution in [0.5, 0.6) is 0 Å². The Labute approximate surface area is 112 Å². The Morgan fingerprint density at radius 1 is 1.50 bits per heavy atom. The van der Waals surface area contributed by atoms with E-state index in [0.29, 0.717) is 12.1 Å². The number of hydrogen-bond acceptors (Lipinski definition) is 3. The molecule has 96 valence electrons. The van der Waals surface area contributed by atoms with E-state index in [1.54, 1.807) is 11.1 Å². The van der Waals surface area contributed by atoms with E-state index in [2.05, 4.69) is 29.8 Å². The lowest BCUT2D eigenvalue weighted by Gasteiger charge is -2.27. The van der Waals surface area contributed by atoms with E-state index in [-0.39, 0.29) is 0 Å². The molecule has 3 heteroatoms. The highest BCUT2D eigenvalue weighted by atomic mass is 32.1. The lowest BCUT2D eigenvalue weighted by atomic mass is 9.93. The molecule has 3 rings (SSSR count). The van der Waals surface area contributed by atoms with Gasteiger partial charge in [-0.1, -0.05) is 6.92 Å². The van der Waals surface area contributed by atoms with E-state index in [1.807, 2.05) is 17.4 Å². The van der Waals surface area contributed by atoms with Crippen molar-refractivity contribution in [1.82, 2.24) is 5.32 Å². The van der Waals surface area contributed by atoms with Gasteiger partial charge in [0.25, 0.3) is 0 Å². The topological polar surface area (TPSA) is 25.2 Å². The van der Waals surface area contributed by atoms with E-state index in [9.17, 15) is 0 Å². The Kier molecular flexibility index (Phi) is 3.52. The summed E-state index contributed by atoms with van der Waals surface area (Å²) in [7, 11) is 0. The zero-order valence-electron chi connectivity index (χ0n) is 10.7. The molecule has 2 aromatic rings. The summed E-state index contributed by atoms with van der Waals surface area (Å²) in [4.78, 5) is 1.56. The minimum Gasteiger partial charge on any atom is -0.468 e. The highest BCUT2D eigenvalue weighted by Gasteiger charge is 2.24. The lowest BCUT2D eigenvalue weighted by molar-refractivity contribution is 0.347. The van der Waals surface area contributed by atoms with Crippen LogP contribution in [0, 0.1) is 0 Å². The van der Waals surface area contributed by atoms with Crippen molar-refractivity contribution < 1.29 is 4.42 Å². The van der Waals surface area contributed by atoms with Crippen LogP contribution in [0.25, 0.3) is 0 Å². The molecular formula is C15H19NOS. The Morgan fingerprint density at radius 3 is 3.22 bits per heavy atom. The minimum absolute atomic E-state index is 0.329. The third-order valence-corrected chi connectivity index (χ3v) is 4.75. The zero-order chi connectivity index (χ0) is 12.4. The third kappa shape index (κ3) is 2.25. The van der Waals surface area contributed by atoms with Crippen LogP contribution in [0.4, 0.5) is 0 Å². The lowest BCUT2D eigenvalue weighted by Crippen LogP contribution is -2.28. The van der Waals surface area contributed by atoms with Crippen LogP contribution in [0.3, 0.4) is 0 Å². The summed E-state index contributed by atoms with van der Waals surface area (Å²) < 4.78 is 5.54. The summed E-state index contributed by atoms with van der Waals surface area (Å²) in [5, 5.41) is 5.98. The first-order valence-electron chi connectivity index (χ1n) is 6.74. The van der Waals surface area contributed by atoms with E-state index in [4.69, 9.17) is 4.42 Å². The molecule has 0 bridgehead atoms. The number of hydrogen-bond donors (Lipinski definition) is 1. The summed E-state index contributed by atoms with van der Waals surface area (Å²) in [5.41, 5.74) is 1.51. The molecule has 0 saturated carbocycles. The maximum atomic E-state index is 5.54. The molecule has 0 aliphatic heterocycles. The Balaban J connectivity index is 1.77. The highest BCUT2D eigenvalue weighted by Crippen LogP contribution is 2.35. The van der Waals surface area contributed by atoms with Crippen molar-refractivity contribution in [1.29, 1.82) is 0 Å². The number of nitrogens with one attached hydrogen (secondary N) is 1. The first-order chi connectivity index (χ1) is 8.88. The molecule has 0 aromatic carbocycles. The van der Waals surface area contributed by atoms with Gasteiger partial charge in [-0.15, -0.1) is 11.3 Å². The number of rotatable bonds is 4. The first-order valence-corrected chi connectivity index (χ1v) is 7.62. The van der Waals surface area contributed by atoms with E-state index in [0.717, 1.165) is 12.2 Å². The summed E-state index contributed by atoms with van der Waals surface area (Å²) in [6, 6.07) is 7.15. The van der Waals surface area contributed by atoms with Crippen molar-refractivity contribution in [3.05, 3.63) is 46.0 Å². The van der Waals surface area contributed by atoms with Gasteiger partial charge in [0.1, 0.15) is 5.76 Å². The highest BCUT2D eigenvalue weighted by molar-refractivity contribution is 7.10. The standard InChI is InChI=1S/C15H19NOS/c1-2-12(14-6-4-9-17-14)16-13-5-3-7-15-11(13)8-10-18-15/h4,6,8-10,12-13,16H,2-3,5,7H2,1H3. The fraction of sp³-hybridized carbons (Fsp3) is 0.467. The monoisotopic (exact) mass is 261 g/mol. The van der Waals surface area contributed by atoms with Crippen LogP contribution in [-0.4, -0.2) is 0 Å². The van der Waals surface area contributed by atoms with Crippen LogP contribution in [0.1, 0.15) is 54.5 Å². The molecule has 0 fully saturated rings. The zero-order valence-corrected chi connectivity index (χ0v) is 11.5. The van der Waals surface area contributed by atoms with Crippen LogP contribution < -0.4 is 5.32 Å². The normalized spacial score (nSPS) is 20.6. The van der Waals surface area contributed by atoms with Gasteiger partial charge in [0.15, 0.2) is 0 Å². The van der Waals surface area contributed by atoms with Crippen molar-refractivity contribution in [2.24, 2.45) is 0 Å². The summed E-state index contributed by atoms with van der Waals surface area (Å²) in [6.45, 7) is 2.21. The average molecular weight is 261 g/mol. The molecule has 0 spiro atoms. The van der Waals surface area contributed by atoms with Gasteiger partial charge in [0.2, 0.25) is 0 Å². The molecule has 2 atom stereocenters. The van der Waals surface area contributed by atoms with Crippen LogP contribution in [0.15, 0.2) is 34.3 Å². The Bertz CT molecular complexity index is 488. The van der Waals surface area contributed by atoms with Gasteiger partial charge >= 0.3 is 0 Å². The molecule has 0 radical (unpaired) electrons. The third-order valence-electron chi connectivity index (χ3n) is 3.75. The molecule has 1 aliphatic rings. The molecule has 0 amide bonds. The quantitative estimate of drug-likeness (QED) is 0.879. The fourth-order valence-electron chi connectivity index (χ4n) is 2.79. The molecule has 0 saturated heterocycles. The SMILES string of the molecule is CCC(NC1CCCc2sccc21)c1ccco1. The summed E-state index contributed by atoms with van der Waals surface area (Å²) in [5.74, 6) is 1.06. The second-order valence-electron chi connectivity index (χ2n) is 4.89. The molecule has 2 heterocycles. The predicted octanol–water partition coefficient (Wildman–Crippen LogP) is 4.46. The van der Waals surface area contributed by atoms with Gasteiger partial charge in [0.05, 0.1) is 12.3 Å². The van der Waals surface area contributed by atoms with Crippen molar-refractivity contribution in [3.8, 4) is 0 Å². The molecular weight excluding hydrogens is 242 g/mol. The van der Waals surface area contributed by atoms with Crippen LogP contribution in [-0.2, 0) is 6.42 Å². The molecule has 1 aliphatic carbocycles.